The molecule has 0 saturated carbocycles. The summed E-state index contributed by atoms with van der Waals surface area (Å²) in [5.41, 5.74) is 0.631. The zero-order chi connectivity index (χ0) is 15.7. The maximum Gasteiger partial charge on any atom is 0.204 e. The standard InChI is InChI=1S/C17H29NO3/c1-16(2,3)13-12-17(20-4,21-5)15(11-14(13)19)18-9-7-6-8-10-18/h12,15H,6-11H2,1-5H3. The molecule has 0 radical (unpaired) electrons. The second-order valence-corrected chi connectivity index (χ2v) is 7.18. The van der Waals surface area contributed by atoms with Crippen molar-refractivity contribution in [2.24, 2.45) is 5.41 Å². The number of piperidine rings is 1. The third-order valence-electron chi connectivity index (χ3n) is 4.77. The van der Waals surface area contributed by atoms with Crippen molar-refractivity contribution in [2.75, 3.05) is 27.3 Å². The molecule has 0 N–H and O–H groups in total. The molecule has 1 atom stereocenters. The topological polar surface area (TPSA) is 38.8 Å². The molecule has 4 nitrogen and oxygen atoms in total. The Morgan fingerprint density at radius 3 is 2.19 bits per heavy atom. The number of carbonyl (C=O) groups excluding carboxylic acids is 1. The van der Waals surface area contributed by atoms with Gasteiger partial charge in [-0.1, -0.05) is 27.2 Å². The molecule has 1 unspecified atom stereocenters. The van der Waals surface area contributed by atoms with Gasteiger partial charge in [-0.15, -0.1) is 0 Å². The van der Waals surface area contributed by atoms with Crippen LogP contribution in [0.5, 0.6) is 0 Å². The van der Waals surface area contributed by atoms with Crippen molar-refractivity contribution in [1.29, 1.82) is 0 Å². The minimum atomic E-state index is -0.812. The number of rotatable bonds is 3. The molecule has 0 aromatic carbocycles. The summed E-state index contributed by atoms with van der Waals surface area (Å²) in [6.07, 6.45) is 6.05. The third kappa shape index (κ3) is 3.22. The van der Waals surface area contributed by atoms with Gasteiger partial charge in [0.1, 0.15) is 0 Å². The fourth-order valence-corrected chi connectivity index (χ4v) is 3.53. The smallest absolute Gasteiger partial charge is 0.204 e. The summed E-state index contributed by atoms with van der Waals surface area (Å²) in [6.45, 7) is 8.23. The van der Waals surface area contributed by atoms with Gasteiger partial charge >= 0.3 is 0 Å². The molecule has 21 heavy (non-hydrogen) atoms. The highest BCUT2D eigenvalue weighted by atomic mass is 16.7. The Labute approximate surface area is 128 Å². The van der Waals surface area contributed by atoms with Crippen LogP contribution in [0, 0.1) is 5.41 Å². The molecular weight excluding hydrogens is 266 g/mol. The van der Waals surface area contributed by atoms with Crippen LogP contribution in [0.1, 0.15) is 46.5 Å². The van der Waals surface area contributed by atoms with E-state index in [1.165, 1.54) is 19.3 Å². The highest BCUT2D eigenvalue weighted by Gasteiger charge is 2.48. The molecule has 1 heterocycles. The molecule has 0 bridgehead atoms. The van der Waals surface area contributed by atoms with Crippen LogP contribution in [0.4, 0.5) is 0 Å². The Kier molecular flexibility index (Phi) is 4.91. The van der Waals surface area contributed by atoms with E-state index in [9.17, 15) is 4.79 Å². The lowest BCUT2D eigenvalue weighted by Crippen LogP contribution is -2.58. The molecule has 2 aliphatic rings. The summed E-state index contributed by atoms with van der Waals surface area (Å²) < 4.78 is 11.6. The Morgan fingerprint density at radius 2 is 1.71 bits per heavy atom. The van der Waals surface area contributed by atoms with Crippen molar-refractivity contribution in [3.05, 3.63) is 11.6 Å². The van der Waals surface area contributed by atoms with Gasteiger partial charge in [-0.3, -0.25) is 9.69 Å². The average molecular weight is 295 g/mol. The van der Waals surface area contributed by atoms with E-state index < -0.39 is 5.79 Å². The van der Waals surface area contributed by atoms with Crippen molar-refractivity contribution in [3.8, 4) is 0 Å². The number of allylic oxidation sites excluding steroid dienone is 1. The van der Waals surface area contributed by atoms with E-state index in [0.717, 1.165) is 18.7 Å². The van der Waals surface area contributed by atoms with Crippen LogP contribution in [0.25, 0.3) is 0 Å². The fraction of sp³-hybridized carbons (Fsp3) is 0.824. The van der Waals surface area contributed by atoms with Crippen LogP contribution >= 0.6 is 0 Å². The average Bonchev–Trinajstić information content (AvgIpc) is 2.47. The largest absolute Gasteiger partial charge is 0.348 e. The lowest BCUT2D eigenvalue weighted by molar-refractivity contribution is -0.216. The second-order valence-electron chi connectivity index (χ2n) is 7.18. The zero-order valence-electron chi connectivity index (χ0n) is 14.1. The summed E-state index contributed by atoms with van der Waals surface area (Å²) in [4.78, 5) is 15.0. The summed E-state index contributed by atoms with van der Waals surface area (Å²) in [6, 6.07) is -0.0219. The monoisotopic (exact) mass is 295 g/mol. The van der Waals surface area contributed by atoms with E-state index in [-0.39, 0.29) is 17.2 Å². The molecule has 0 spiro atoms. The van der Waals surface area contributed by atoms with Gasteiger partial charge in [0.25, 0.3) is 0 Å². The van der Waals surface area contributed by atoms with Gasteiger partial charge in [0, 0.05) is 26.2 Å². The summed E-state index contributed by atoms with van der Waals surface area (Å²) in [5.74, 6) is -0.587. The first-order valence-electron chi connectivity index (χ1n) is 7.95. The minimum Gasteiger partial charge on any atom is -0.348 e. The Balaban J connectivity index is 2.38. The first-order valence-corrected chi connectivity index (χ1v) is 7.95. The molecule has 0 aromatic heterocycles. The highest BCUT2D eigenvalue weighted by molar-refractivity contribution is 5.98. The fourth-order valence-electron chi connectivity index (χ4n) is 3.53. The van der Waals surface area contributed by atoms with Crippen molar-refractivity contribution in [1.82, 2.24) is 4.90 Å². The van der Waals surface area contributed by atoms with E-state index in [0.29, 0.717) is 6.42 Å². The first kappa shape index (κ1) is 16.7. The van der Waals surface area contributed by atoms with E-state index in [1.54, 1.807) is 14.2 Å². The lowest BCUT2D eigenvalue weighted by Gasteiger charge is -2.47. The van der Waals surface area contributed by atoms with Crippen LogP contribution in [0.3, 0.4) is 0 Å². The van der Waals surface area contributed by atoms with Gasteiger partial charge in [0.05, 0.1) is 6.04 Å². The normalized spacial score (nSPS) is 27.6. The molecule has 1 aliphatic heterocycles. The van der Waals surface area contributed by atoms with Gasteiger partial charge in [-0.05, 0) is 37.4 Å². The van der Waals surface area contributed by atoms with E-state index in [4.69, 9.17) is 9.47 Å². The van der Waals surface area contributed by atoms with Gasteiger partial charge in [0.15, 0.2) is 5.78 Å². The number of ether oxygens (including phenoxy) is 2. The van der Waals surface area contributed by atoms with Crippen LogP contribution in [0.2, 0.25) is 0 Å². The predicted molar refractivity (Wildman–Crippen MR) is 83.1 cm³/mol. The molecule has 0 amide bonds. The van der Waals surface area contributed by atoms with Crippen LogP contribution in [-0.4, -0.2) is 49.8 Å². The van der Waals surface area contributed by atoms with Crippen LogP contribution < -0.4 is 0 Å². The SMILES string of the molecule is COC1(OC)C=C(C(C)(C)C)C(=O)CC1N1CCCCC1. The Bertz CT molecular complexity index is 412. The number of hydrogen-bond donors (Lipinski definition) is 0. The molecule has 0 aromatic rings. The van der Waals surface area contributed by atoms with E-state index >= 15 is 0 Å². The Hall–Kier alpha value is -0.710. The molecule has 1 aliphatic carbocycles. The van der Waals surface area contributed by atoms with Crippen LogP contribution in [0.15, 0.2) is 11.6 Å². The van der Waals surface area contributed by atoms with Crippen molar-refractivity contribution in [3.63, 3.8) is 0 Å². The molecule has 120 valence electrons. The number of hydrogen-bond acceptors (Lipinski definition) is 4. The number of carbonyl (C=O) groups is 1. The molecule has 4 heteroatoms. The Morgan fingerprint density at radius 1 is 1.14 bits per heavy atom. The van der Waals surface area contributed by atoms with Crippen molar-refractivity contribution >= 4 is 5.78 Å². The van der Waals surface area contributed by atoms with Crippen molar-refractivity contribution in [2.45, 2.75) is 58.3 Å². The number of likely N-dealkylation sites (tertiary alicyclic amines) is 1. The van der Waals surface area contributed by atoms with Crippen molar-refractivity contribution < 1.29 is 14.3 Å². The molecule has 1 saturated heterocycles. The number of ketones is 1. The van der Waals surface area contributed by atoms with E-state index in [1.807, 2.05) is 6.08 Å². The number of Topliss-reactive ketones (excluding diaryl/α,β-unsaturated/α-hetero) is 1. The maximum absolute atomic E-state index is 12.6. The van der Waals surface area contributed by atoms with Crippen LogP contribution in [-0.2, 0) is 14.3 Å². The number of nitrogens with zero attached hydrogens (tertiary/aromatic N) is 1. The zero-order valence-corrected chi connectivity index (χ0v) is 14.1. The summed E-state index contributed by atoms with van der Waals surface area (Å²) >= 11 is 0. The maximum atomic E-state index is 12.6. The van der Waals surface area contributed by atoms with Gasteiger partial charge < -0.3 is 9.47 Å². The highest BCUT2D eigenvalue weighted by Crippen LogP contribution is 2.39. The van der Waals surface area contributed by atoms with Gasteiger partial charge in [0.2, 0.25) is 5.79 Å². The molecule has 2 rings (SSSR count). The third-order valence-corrected chi connectivity index (χ3v) is 4.77. The minimum absolute atomic E-state index is 0.0219. The summed E-state index contributed by atoms with van der Waals surface area (Å²) in [5, 5.41) is 0. The van der Waals surface area contributed by atoms with Gasteiger partial charge in [-0.25, -0.2) is 0 Å². The summed E-state index contributed by atoms with van der Waals surface area (Å²) in [7, 11) is 3.35. The molecular formula is C17H29NO3. The van der Waals surface area contributed by atoms with Gasteiger partial charge in [-0.2, -0.15) is 0 Å². The predicted octanol–water partition coefficient (Wildman–Crippen LogP) is 2.78. The first-order chi connectivity index (χ1) is 9.84. The molecule has 1 fully saturated rings. The second kappa shape index (κ2) is 6.19. The van der Waals surface area contributed by atoms with E-state index in [2.05, 4.69) is 25.7 Å². The number of methoxy groups -OCH3 is 2. The lowest BCUT2D eigenvalue weighted by atomic mass is 9.75. The quantitative estimate of drug-likeness (QED) is 0.751.